The minimum Gasteiger partial charge on any atom is -0.482 e. The number of ketones is 1. The molecule has 2 heterocycles. The Morgan fingerprint density at radius 2 is 2.28 bits per heavy atom. The molecule has 25 heavy (non-hydrogen) atoms. The third kappa shape index (κ3) is 3.77. The molecule has 1 aromatic carbocycles. The van der Waals surface area contributed by atoms with Crippen LogP contribution in [0, 0.1) is 0 Å². The standard InChI is InChI=1S/C16H16N4O3S2/c1-8(24-16-20-19-15(25-16)17-10-3-4-10)14(22)9-2-5-12-11(6-9)18-13(21)7-23-12/h2,5-6,8,10H,3-4,7H2,1H3,(H,17,19)(H,18,21)/t8-/m0/s1. The number of thioether (sulfide) groups is 1. The monoisotopic (exact) mass is 376 g/mol. The largest absolute Gasteiger partial charge is 0.482 e. The van der Waals surface area contributed by atoms with Crippen molar-refractivity contribution in [3.63, 3.8) is 0 Å². The number of ether oxygens (including phenoxy) is 1. The SMILES string of the molecule is C[C@H](Sc1nnc(NC2CC2)s1)C(=O)c1ccc2c(c1)NC(=O)CO2. The lowest BCUT2D eigenvalue weighted by Crippen LogP contribution is -2.25. The number of benzene rings is 1. The number of carbonyl (C=O) groups excluding carboxylic acids is 2. The number of nitrogens with one attached hydrogen (secondary N) is 2. The summed E-state index contributed by atoms with van der Waals surface area (Å²) in [6.07, 6.45) is 2.35. The van der Waals surface area contributed by atoms with Crippen molar-refractivity contribution in [3.05, 3.63) is 23.8 Å². The Morgan fingerprint density at radius 3 is 3.08 bits per heavy atom. The van der Waals surface area contributed by atoms with E-state index in [1.54, 1.807) is 18.2 Å². The van der Waals surface area contributed by atoms with Crippen molar-refractivity contribution in [2.24, 2.45) is 0 Å². The van der Waals surface area contributed by atoms with E-state index >= 15 is 0 Å². The highest BCUT2D eigenvalue weighted by atomic mass is 32.2. The van der Waals surface area contributed by atoms with Crippen molar-refractivity contribution in [3.8, 4) is 5.75 Å². The van der Waals surface area contributed by atoms with Crippen LogP contribution < -0.4 is 15.4 Å². The van der Waals surface area contributed by atoms with Gasteiger partial charge in [-0.05, 0) is 38.0 Å². The van der Waals surface area contributed by atoms with Crippen LogP contribution in [0.5, 0.6) is 5.75 Å². The minimum absolute atomic E-state index is 0.000814. The molecule has 4 rings (SSSR count). The lowest BCUT2D eigenvalue weighted by molar-refractivity contribution is -0.118. The molecule has 1 fully saturated rings. The summed E-state index contributed by atoms with van der Waals surface area (Å²) in [7, 11) is 0. The van der Waals surface area contributed by atoms with Gasteiger partial charge in [-0.25, -0.2) is 0 Å². The molecule has 0 saturated heterocycles. The van der Waals surface area contributed by atoms with Gasteiger partial charge in [0.25, 0.3) is 5.91 Å². The number of rotatable bonds is 6. The second kappa shape index (κ2) is 6.64. The number of amides is 1. The third-order valence-electron chi connectivity index (χ3n) is 3.86. The predicted molar refractivity (Wildman–Crippen MR) is 96.8 cm³/mol. The molecule has 1 amide bonds. The Hall–Kier alpha value is -2.13. The van der Waals surface area contributed by atoms with Gasteiger partial charge in [0.05, 0.1) is 10.9 Å². The molecule has 2 N–H and O–H groups in total. The number of anilines is 2. The molecule has 1 aliphatic heterocycles. The van der Waals surface area contributed by atoms with Gasteiger partial charge < -0.3 is 15.4 Å². The molecule has 1 aliphatic carbocycles. The van der Waals surface area contributed by atoms with E-state index in [0.29, 0.717) is 23.0 Å². The summed E-state index contributed by atoms with van der Waals surface area (Å²) in [5.41, 5.74) is 1.07. The number of carbonyl (C=O) groups is 2. The molecule has 1 aromatic heterocycles. The fourth-order valence-corrected chi connectivity index (χ4v) is 4.44. The van der Waals surface area contributed by atoms with Gasteiger partial charge in [-0.15, -0.1) is 10.2 Å². The Bertz CT molecular complexity index is 835. The molecular formula is C16H16N4O3S2. The van der Waals surface area contributed by atoms with Crippen LogP contribution in [-0.4, -0.2) is 39.8 Å². The molecule has 0 bridgehead atoms. The zero-order valence-corrected chi connectivity index (χ0v) is 15.1. The summed E-state index contributed by atoms with van der Waals surface area (Å²) >= 11 is 2.86. The fourth-order valence-electron chi connectivity index (χ4n) is 2.39. The highest BCUT2D eigenvalue weighted by Gasteiger charge is 2.24. The summed E-state index contributed by atoms with van der Waals surface area (Å²) in [4.78, 5) is 24.1. The van der Waals surface area contributed by atoms with E-state index in [2.05, 4.69) is 20.8 Å². The van der Waals surface area contributed by atoms with Gasteiger partial charge in [-0.2, -0.15) is 0 Å². The van der Waals surface area contributed by atoms with E-state index in [0.717, 1.165) is 9.47 Å². The fraction of sp³-hybridized carbons (Fsp3) is 0.375. The van der Waals surface area contributed by atoms with Gasteiger partial charge in [-0.1, -0.05) is 23.1 Å². The lowest BCUT2D eigenvalue weighted by atomic mass is 10.1. The first kappa shape index (κ1) is 16.3. The number of hydrogen-bond acceptors (Lipinski definition) is 8. The van der Waals surface area contributed by atoms with E-state index in [9.17, 15) is 9.59 Å². The van der Waals surface area contributed by atoms with E-state index in [1.165, 1.54) is 35.9 Å². The maximum absolute atomic E-state index is 12.7. The molecule has 7 nitrogen and oxygen atoms in total. The number of aromatic nitrogens is 2. The molecular weight excluding hydrogens is 360 g/mol. The van der Waals surface area contributed by atoms with E-state index in [1.807, 2.05) is 6.92 Å². The van der Waals surface area contributed by atoms with E-state index in [4.69, 9.17) is 4.74 Å². The summed E-state index contributed by atoms with van der Waals surface area (Å²) in [6, 6.07) is 5.61. The molecule has 0 spiro atoms. The normalized spacial score (nSPS) is 17.2. The first-order chi connectivity index (χ1) is 12.1. The third-order valence-corrected chi connectivity index (χ3v) is 5.89. The summed E-state index contributed by atoms with van der Waals surface area (Å²) in [5, 5.41) is 14.8. The topological polar surface area (TPSA) is 93.2 Å². The van der Waals surface area contributed by atoms with Crippen LogP contribution in [0.15, 0.2) is 22.5 Å². The Balaban J connectivity index is 1.43. The second-order valence-electron chi connectivity index (χ2n) is 5.96. The molecule has 130 valence electrons. The molecule has 2 aliphatic rings. The second-order valence-corrected chi connectivity index (χ2v) is 8.53. The Kier molecular flexibility index (Phi) is 4.34. The first-order valence-electron chi connectivity index (χ1n) is 7.96. The van der Waals surface area contributed by atoms with Crippen molar-refractivity contribution in [1.29, 1.82) is 0 Å². The van der Waals surface area contributed by atoms with Crippen LogP contribution in [-0.2, 0) is 4.79 Å². The van der Waals surface area contributed by atoms with Crippen LogP contribution in [0.3, 0.4) is 0 Å². The molecule has 9 heteroatoms. The first-order valence-corrected chi connectivity index (χ1v) is 9.66. The molecule has 1 atom stereocenters. The van der Waals surface area contributed by atoms with Crippen molar-refractivity contribution in [1.82, 2.24) is 10.2 Å². The zero-order chi connectivity index (χ0) is 17.4. The van der Waals surface area contributed by atoms with Gasteiger partial charge in [0.1, 0.15) is 5.75 Å². The Morgan fingerprint density at radius 1 is 1.44 bits per heavy atom. The van der Waals surface area contributed by atoms with E-state index < -0.39 is 0 Å². The molecule has 0 unspecified atom stereocenters. The summed E-state index contributed by atoms with van der Waals surface area (Å²) < 4.78 is 6.08. The van der Waals surface area contributed by atoms with Crippen molar-refractivity contribution in [2.75, 3.05) is 17.2 Å². The minimum atomic E-state index is -0.306. The summed E-state index contributed by atoms with van der Waals surface area (Å²) in [6.45, 7) is 1.84. The number of fused-ring (bicyclic) bond motifs is 1. The van der Waals surface area contributed by atoms with Crippen LogP contribution in [0.2, 0.25) is 0 Å². The van der Waals surface area contributed by atoms with Gasteiger partial charge in [0.15, 0.2) is 16.7 Å². The molecule has 2 aromatic rings. The average molecular weight is 376 g/mol. The lowest BCUT2D eigenvalue weighted by Gasteiger charge is -2.18. The van der Waals surface area contributed by atoms with Crippen molar-refractivity contribution >= 4 is 45.6 Å². The smallest absolute Gasteiger partial charge is 0.262 e. The van der Waals surface area contributed by atoms with Crippen molar-refractivity contribution < 1.29 is 14.3 Å². The molecule has 0 radical (unpaired) electrons. The number of hydrogen-bond donors (Lipinski definition) is 2. The summed E-state index contributed by atoms with van der Waals surface area (Å²) in [5.74, 6) is 0.333. The van der Waals surface area contributed by atoms with Crippen LogP contribution in [0.25, 0.3) is 0 Å². The van der Waals surface area contributed by atoms with Gasteiger partial charge in [-0.3, -0.25) is 9.59 Å². The van der Waals surface area contributed by atoms with Crippen molar-refractivity contribution in [2.45, 2.75) is 35.4 Å². The predicted octanol–water partition coefficient (Wildman–Crippen LogP) is 2.81. The van der Waals surface area contributed by atoms with Gasteiger partial charge in [0.2, 0.25) is 5.13 Å². The van der Waals surface area contributed by atoms with Gasteiger partial charge >= 0.3 is 0 Å². The Labute approximate surface area is 152 Å². The maximum Gasteiger partial charge on any atom is 0.262 e. The highest BCUT2D eigenvalue weighted by molar-refractivity contribution is 8.02. The zero-order valence-electron chi connectivity index (χ0n) is 13.4. The highest BCUT2D eigenvalue weighted by Crippen LogP contribution is 2.34. The van der Waals surface area contributed by atoms with Crippen LogP contribution >= 0.6 is 23.1 Å². The number of nitrogens with zero attached hydrogens (tertiary/aromatic N) is 2. The number of Topliss-reactive ketones (excluding diaryl/α,β-unsaturated/α-hetero) is 1. The van der Waals surface area contributed by atoms with Gasteiger partial charge in [0, 0.05) is 11.6 Å². The van der Waals surface area contributed by atoms with Crippen LogP contribution in [0.4, 0.5) is 10.8 Å². The van der Waals surface area contributed by atoms with Crippen LogP contribution in [0.1, 0.15) is 30.1 Å². The van der Waals surface area contributed by atoms with E-state index in [-0.39, 0.29) is 23.5 Å². The maximum atomic E-state index is 12.7. The molecule has 1 saturated carbocycles. The quantitative estimate of drug-likeness (QED) is 0.591. The average Bonchev–Trinajstić information content (AvgIpc) is 3.31.